The van der Waals surface area contributed by atoms with Crippen molar-refractivity contribution < 1.29 is 9.59 Å². The van der Waals surface area contributed by atoms with E-state index in [1.54, 1.807) is 29.0 Å². The van der Waals surface area contributed by atoms with E-state index >= 15 is 0 Å². The van der Waals surface area contributed by atoms with Crippen LogP contribution in [0, 0.1) is 12.8 Å². The number of hydrogen-bond donors (Lipinski definition) is 3. The van der Waals surface area contributed by atoms with Gasteiger partial charge in [-0.05, 0) is 69.1 Å². The van der Waals surface area contributed by atoms with Crippen LogP contribution in [0.4, 0.5) is 11.5 Å². The predicted molar refractivity (Wildman–Crippen MR) is 134 cm³/mol. The topological polar surface area (TPSA) is 118 Å². The molecule has 3 aromatic heterocycles. The number of hydrogen-bond acceptors (Lipinski definition) is 7. The van der Waals surface area contributed by atoms with E-state index < -0.39 is 5.66 Å². The van der Waals surface area contributed by atoms with Gasteiger partial charge in [-0.25, -0.2) is 9.97 Å². The molecule has 1 saturated carbocycles. The molecule has 1 atom stereocenters. The summed E-state index contributed by atoms with van der Waals surface area (Å²) in [5.74, 6) is 0.456. The quantitative estimate of drug-likeness (QED) is 0.517. The number of nitrogens with one attached hydrogen (secondary N) is 3. The second kappa shape index (κ2) is 8.15. The van der Waals surface area contributed by atoms with Gasteiger partial charge in [0.2, 0.25) is 5.91 Å². The minimum absolute atomic E-state index is 0.0364. The molecule has 3 aliphatic rings. The van der Waals surface area contributed by atoms with Crippen LogP contribution in [0.2, 0.25) is 0 Å². The molecule has 0 aromatic carbocycles. The lowest BCUT2D eigenvalue weighted by Crippen LogP contribution is -2.48. The zero-order valence-electron chi connectivity index (χ0n) is 19.9. The summed E-state index contributed by atoms with van der Waals surface area (Å²) in [6, 6.07) is 1.75. The third-order valence-electron chi connectivity index (χ3n) is 7.78. The number of aromatic nitrogens is 3. The normalized spacial score (nSPS) is 20.4. The van der Waals surface area contributed by atoms with Crippen LogP contribution in [0.3, 0.4) is 0 Å². The molecule has 182 valence electrons. The third-order valence-corrected chi connectivity index (χ3v) is 8.94. The Morgan fingerprint density at radius 2 is 2.03 bits per heavy atom. The van der Waals surface area contributed by atoms with Crippen molar-refractivity contribution in [2.45, 2.75) is 64.0 Å². The average molecular weight is 493 g/mol. The number of amides is 2. The highest BCUT2D eigenvalue weighted by atomic mass is 32.1. The Balaban J connectivity index is 1.43. The number of nitrogens with zero attached hydrogens (tertiary/aromatic N) is 3. The molecule has 2 aliphatic carbocycles. The van der Waals surface area contributed by atoms with Gasteiger partial charge in [-0.15, -0.1) is 11.3 Å². The molecule has 0 unspecified atom stereocenters. The van der Waals surface area contributed by atoms with Crippen molar-refractivity contribution in [1.29, 1.82) is 0 Å². The molecular weight excluding hydrogens is 464 g/mol. The van der Waals surface area contributed by atoms with Crippen LogP contribution in [-0.2, 0) is 23.3 Å². The first-order chi connectivity index (χ1) is 16.9. The summed E-state index contributed by atoms with van der Waals surface area (Å²) in [7, 11) is 1.67. The van der Waals surface area contributed by atoms with Gasteiger partial charge in [-0.2, -0.15) is 0 Å². The highest BCUT2D eigenvalue weighted by molar-refractivity contribution is 7.19. The maximum atomic E-state index is 13.8. The standard InChI is InChI=1S/C25H28N6O3S/c1-13-10-16(24(34)31-19(13)22(33)30-25(31)8-4-3-5-9-25)29-20-18-15-7-6-14(21(32)26-2)11-17(15)35-23(18)28-12-27-20/h10,12,14H,3-9,11H2,1-2H3,(H,26,32)(H,30,33)(H,27,28,29)/t14-/m0/s1. The predicted octanol–water partition coefficient (Wildman–Crippen LogP) is 3.12. The fourth-order valence-electron chi connectivity index (χ4n) is 6.10. The largest absolute Gasteiger partial charge is 0.359 e. The van der Waals surface area contributed by atoms with E-state index in [-0.39, 0.29) is 23.3 Å². The monoisotopic (exact) mass is 492 g/mol. The Bertz CT molecular complexity index is 1440. The molecule has 9 nitrogen and oxygen atoms in total. The summed E-state index contributed by atoms with van der Waals surface area (Å²) < 4.78 is 1.70. The first-order valence-electron chi connectivity index (χ1n) is 12.3. The van der Waals surface area contributed by atoms with Gasteiger partial charge in [0.15, 0.2) is 0 Å². The van der Waals surface area contributed by atoms with Gasteiger partial charge in [-0.3, -0.25) is 19.0 Å². The van der Waals surface area contributed by atoms with E-state index in [4.69, 9.17) is 0 Å². The van der Waals surface area contributed by atoms with Crippen LogP contribution in [0.15, 0.2) is 17.2 Å². The summed E-state index contributed by atoms with van der Waals surface area (Å²) in [5.41, 5.74) is 1.95. The van der Waals surface area contributed by atoms with E-state index in [1.807, 2.05) is 6.92 Å². The second-order valence-electron chi connectivity index (χ2n) is 9.86. The van der Waals surface area contributed by atoms with Crippen LogP contribution in [-0.4, -0.2) is 33.4 Å². The summed E-state index contributed by atoms with van der Waals surface area (Å²) in [5, 5.41) is 10.1. The van der Waals surface area contributed by atoms with Crippen LogP contribution in [0.5, 0.6) is 0 Å². The number of pyridine rings is 1. The molecule has 6 rings (SSSR count). The minimum atomic E-state index is -0.637. The highest BCUT2D eigenvalue weighted by Gasteiger charge is 2.45. The number of rotatable bonds is 3. The Kier molecular flexibility index (Phi) is 5.17. The maximum Gasteiger partial charge on any atom is 0.276 e. The summed E-state index contributed by atoms with van der Waals surface area (Å²) >= 11 is 1.59. The molecule has 10 heteroatoms. The lowest BCUT2D eigenvalue weighted by molar-refractivity contribution is -0.124. The van der Waals surface area contributed by atoms with Gasteiger partial charge in [-0.1, -0.05) is 6.42 Å². The van der Waals surface area contributed by atoms with Gasteiger partial charge in [0.05, 0.1) is 5.39 Å². The summed E-state index contributed by atoms with van der Waals surface area (Å²) in [4.78, 5) is 49.8. The molecule has 3 aromatic rings. The average Bonchev–Trinajstić information content (AvgIpc) is 3.37. The lowest BCUT2D eigenvalue weighted by atomic mass is 9.87. The molecule has 1 spiro atoms. The molecule has 35 heavy (non-hydrogen) atoms. The van der Waals surface area contributed by atoms with Crippen LogP contribution in [0.25, 0.3) is 10.2 Å². The van der Waals surface area contributed by atoms with Crippen molar-refractivity contribution in [1.82, 2.24) is 25.2 Å². The molecular formula is C25H28N6O3S. The first kappa shape index (κ1) is 22.2. The Labute approximate surface area is 206 Å². The Hall–Kier alpha value is -3.27. The van der Waals surface area contributed by atoms with Crippen molar-refractivity contribution in [3.63, 3.8) is 0 Å². The molecule has 0 radical (unpaired) electrons. The van der Waals surface area contributed by atoms with Crippen molar-refractivity contribution in [3.8, 4) is 0 Å². The van der Waals surface area contributed by atoms with Gasteiger partial charge in [0, 0.05) is 17.8 Å². The zero-order valence-corrected chi connectivity index (χ0v) is 20.7. The minimum Gasteiger partial charge on any atom is -0.359 e. The smallest absolute Gasteiger partial charge is 0.276 e. The van der Waals surface area contributed by atoms with E-state index in [2.05, 4.69) is 25.9 Å². The van der Waals surface area contributed by atoms with Crippen LogP contribution >= 0.6 is 11.3 Å². The number of thiophene rings is 1. The van der Waals surface area contributed by atoms with Crippen molar-refractivity contribution in [2.75, 3.05) is 12.4 Å². The van der Waals surface area contributed by atoms with Crippen LogP contribution in [0.1, 0.15) is 65.0 Å². The number of aryl methyl sites for hydroxylation is 2. The van der Waals surface area contributed by atoms with Crippen LogP contribution < -0.4 is 21.5 Å². The van der Waals surface area contributed by atoms with E-state index in [0.717, 1.165) is 71.2 Å². The van der Waals surface area contributed by atoms with Crippen molar-refractivity contribution in [2.24, 2.45) is 5.92 Å². The number of carbonyl (C=O) groups is 2. The van der Waals surface area contributed by atoms with E-state index in [9.17, 15) is 14.4 Å². The summed E-state index contributed by atoms with van der Waals surface area (Å²) in [6.07, 6.45) is 8.32. The fraction of sp³-hybridized carbons (Fsp3) is 0.480. The Morgan fingerprint density at radius 3 is 2.80 bits per heavy atom. The number of anilines is 2. The molecule has 3 N–H and O–H groups in total. The van der Waals surface area contributed by atoms with E-state index in [0.29, 0.717) is 23.6 Å². The fourth-order valence-corrected chi connectivity index (χ4v) is 7.36. The van der Waals surface area contributed by atoms with Crippen molar-refractivity contribution >= 4 is 44.9 Å². The molecule has 2 amide bonds. The van der Waals surface area contributed by atoms with Gasteiger partial charge in [0.1, 0.15) is 34.0 Å². The lowest BCUT2D eigenvalue weighted by Gasteiger charge is -2.35. The van der Waals surface area contributed by atoms with Gasteiger partial charge < -0.3 is 16.0 Å². The zero-order chi connectivity index (χ0) is 24.3. The van der Waals surface area contributed by atoms with E-state index in [1.165, 1.54) is 6.33 Å². The molecule has 1 fully saturated rings. The molecule has 0 bridgehead atoms. The number of fused-ring (bicyclic) bond motifs is 5. The first-order valence-corrected chi connectivity index (χ1v) is 13.1. The van der Waals surface area contributed by atoms with Gasteiger partial charge >= 0.3 is 0 Å². The highest BCUT2D eigenvalue weighted by Crippen LogP contribution is 2.41. The SMILES string of the molecule is CNC(=O)[C@H]1CCc2c(sc3ncnc(Nc4cc(C)c5n(c4=O)C4(CCCCC4)NC5=O)c23)C1. The second-order valence-corrected chi connectivity index (χ2v) is 10.9. The summed E-state index contributed by atoms with van der Waals surface area (Å²) in [6.45, 7) is 1.87. The molecule has 0 saturated heterocycles. The third kappa shape index (κ3) is 3.37. The number of carbonyl (C=O) groups excluding carboxylic acids is 2. The van der Waals surface area contributed by atoms with Crippen molar-refractivity contribution in [3.05, 3.63) is 44.4 Å². The Morgan fingerprint density at radius 1 is 1.23 bits per heavy atom. The maximum absolute atomic E-state index is 13.8. The molecule has 4 heterocycles. The molecule has 1 aliphatic heterocycles. The van der Waals surface area contributed by atoms with Gasteiger partial charge in [0.25, 0.3) is 11.5 Å².